The molecule has 0 aliphatic rings. The quantitative estimate of drug-likeness (QED) is 0.716. The highest BCUT2D eigenvalue weighted by Gasteiger charge is 2.14. The Labute approximate surface area is 154 Å². The molecule has 1 N–H and O–H groups in total. The first-order valence-corrected chi connectivity index (χ1v) is 8.92. The summed E-state index contributed by atoms with van der Waals surface area (Å²) < 4.78 is 18.7. The number of amides is 1. The predicted molar refractivity (Wildman–Crippen MR) is 98.6 cm³/mol. The summed E-state index contributed by atoms with van der Waals surface area (Å²) >= 11 is 1.47. The molecule has 2 heterocycles. The third-order valence-electron chi connectivity index (χ3n) is 3.86. The van der Waals surface area contributed by atoms with E-state index in [1.165, 1.54) is 24.5 Å². The zero-order valence-corrected chi connectivity index (χ0v) is 15.2. The van der Waals surface area contributed by atoms with Crippen molar-refractivity contribution >= 4 is 17.2 Å². The van der Waals surface area contributed by atoms with Gasteiger partial charge in [0.2, 0.25) is 5.91 Å². The first-order valence-electron chi connectivity index (χ1n) is 8.04. The number of nitrogens with one attached hydrogen (secondary N) is 1. The highest BCUT2D eigenvalue weighted by molar-refractivity contribution is 7.13. The Morgan fingerprint density at radius 3 is 2.92 bits per heavy atom. The summed E-state index contributed by atoms with van der Waals surface area (Å²) in [6.45, 7) is 1.81. The van der Waals surface area contributed by atoms with E-state index >= 15 is 0 Å². The van der Waals surface area contributed by atoms with Gasteiger partial charge in [-0.25, -0.2) is 9.37 Å². The van der Waals surface area contributed by atoms with E-state index in [1.54, 1.807) is 31.5 Å². The molecule has 0 radical (unpaired) electrons. The number of thiazole rings is 1. The largest absolute Gasteiger partial charge is 0.494 e. The third kappa shape index (κ3) is 4.23. The van der Waals surface area contributed by atoms with Crippen molar-refractivity contribution in [3.63, 3.8) is 0 Å². The number of pyridine rings is 1. The number of hydrogen-bond donors (Lipinski definition) is 1. The molecule has 1 amide bonds. The molecule has 0 saturated carbocycles. The second kappa shape index (κ2) is 8.05. The van der Waals surface area contributed by atoms with E-state index in [1.807, 2.05) is 17.5 Å². The molecule has 2 aromatic heterocycles. The summed E-state index contributed by atoms with van der Waals surface area (Å²) in [7, 11) is 1.41. The monoisotopic (exact) mass is 371 g/mol. The minimum absolute atomic E-state index is 0.166. The van der Waals surface area contributed by atoms with Gasteiger partial charge in [-0.3, -0.25) is 9.78 Å². The molecule has 1 atom stereocenters. The molecule has 0 fully saturated rings. The van der Waals surface area contributed by atoms with Crippen LogP contribution in [0.5, 0.6) is 5.75 Å². The normalized spacial score (nSPS) is 11.8. The lowest BCUT2D eigenvalue weighted by Crippen LogP contribution is -2.28. The van der Waals surface area contributed by atoms with E-state index in [0.717, 1.165) is 10.6 Å². The van der Waals surface area contributed by atoms with Gasteiger partial charge in [-0.05, 0) is 36.8 Å². The van der Waals surface area contributed by atoms with Crippen molar-refractivity contribution in [2.24, 2.45) is 0 Å². The number of benzene rings is 1. The number of nitrogens with zero attached hydrogens (tertiary/aromatic N) is 2. The molecular formula is C19H18FN3O2S. The van der Waals surface area contributed by atoms with Gasteiger partial charge in [0.15, 0.2) is 11.6 Å². The lowest BCUT2D eigenvalue weighted by atomic mass is 10.1. The number of halogens is 1. The fraction of sp³-hybridized carbons (Fsp3) is 0.211. The van der Waals surface area contributed by atoms with Gasteiger partial charge in [-0.1, -0.05) is 6.07 Å². The van der Waals surface area contributed by atoms with Crippen LogP contribution in [-0.2, 0) is 11.2 Å². The summed E-state index contributed by atoms with van der Waals surface area (Å²) in [5, 5.41) is 5.55. The molecule has 0 bridgehead atoms. The molecule has 1 unspecified atom stereocenters. The molecule has 26 heavy (non-hydrogen) atoms. The predicted octanol–water partition coefficient (Wildman–Crippen LogP) is 3.77. The van der Waals surface area contributed by atoms with Crippen LogP contribution in [0.2, 0.25) is 0 Å². The van der Waals surface area contributed by atoms with Crippen molar-refractivity contribution in [1.82, 2.24) is 15.3 Å². The zero-order chi connectivity index (χ0) is 18.5. The molecule has 134 valence electrons. The van der Waals surface area contributed by atoms with Crippen molar-refractivity contribution in [1.29, 1.82) is 0 Å². The fourth-order valence-electron chi connectivity index (χ4n) is 2.50. The maximum absolute atomic E-state index is 13.8. The molecule has 3 rings (SSSR count). The van der Waals surface area contributed by atoms with E-state index in [4.69, 9.17) is 4.74 Å². The number of methoxy groups -OCH3 is 1. The van der Waals surface area contributed by atoms with Gasteiger partial charge in [-0.15, -0.1) is 11.3 Å². The Kier molecular flexibility index (Phi) is 5.58. The minimum Gasteiger partial charge on any atom is -0.494 e. The standard InChI is InChI=1S/C19H18FN3O2S/c1-12(13-5-6-17(25-2)16(20)8-13)22-18(24)9-15-11-26-19(23-15)14-4-3-7-21-10-14/h3-8,10-12H,9H2,1-2H3,(H,22,24). The summed E-state index contributed by atoms with van der Waals surface area (Å²) in [6.07, 6.45) is 3.61. The Hall–Kier alpha value is -2.80. The van der Waals surface area contributed by atoms with Crippen molar-refractivity contribution in [2.45, 2.75) is 19.4 Å². The van der Waals surface area contributed by atoms with Crippen LogP contribution in [0.25, 0.3) is 10.6 Å². The highest BCUT2D eigenvalue weighted by Crippen LogP contribution is 2.24. The first kappa shape index (κ1) is 18.0. The Balaban J connectivity index is 1.62. The van der Waals surface area contributed by atoms with Gasteiger partial charge < -0.3 is 10.1 Å². The molecule has 3 aromatic rings. The Bertz CT molecular complexity index is 899. The van der Waals surface area contributed by atoms with E-state index in [2.05, 4.69) is 15.3 Å². The first-order chi connectivity index (χ1) is 12.6. The number of aromatic nitrogens is 2. The number of ether oxygens (including phenoxy) is 1. The SMILES string of the molecule is COc1ccc(C(C)NC(=O)Cc2csc(-c3cccnc3)n2)cc1F. The van der Waals surface area contributed by atoms with Crippen molar-refractivity contribution in [3.8, 4) is 16.3 Å². The minimum atomic E-state index is -0.452. The fourth-order valence-corrected chi connectivity index (χ4v) is 3.31. The van der Waals surface area contributed by atoms with Gasteiger partial charge in [-0.2, -0.15) is 0 Å². The summed E-state index contributed by atoms with van der Waals surface area (Å²) in [5.41, 5.74) is 2.29. The highest BCUT2D eigenvalue weighted by atomic mass is 32.1. The molecule has 5 nitrogen and oxygen atoms in total. The van der Waals surface area contributed by atoms with Crippen LogP contribution >= 0.6 is 11.3 Å². The summed E-state index contributed by atoms with van der Waals surface area (Å²) in [4.78, 5) is 20.8. The second-order valence-corrected chi connectivity index (χ2v) is 6.60. The lowest BCUT2D eigenvalue weighted by Gasteiger charge is -2.15. The van der Waals surface area contributed by atoms with E-state index in [9.17, 15) is 9.18 Å². The van der Waals surface area contributed by atoms with E-state index in [0.29, 0.717) is 11.3 Å². The molecule has 0 aliphatic carbocycles. The van der Waals surface area contributed by atoms with Crippen molar-refractivity contribution in [3.05, 3.63) is 65.2 Å². The van der Waals surface area contributed by atoms with E-state index < -0.39 is 5.82 Å². The van der Waals surface area contributed by atoms with Crippen LogP contribution in [0.4, 0.5) is 4.39 Å². The summed E-state index contributed by atoms with van der Waals surface area (Å²) in [6, 6.07) is 8.10. The molecule has 0 aliphatic heterocycles. The van der Waals surface area contributed by atoms with Gasteiger partial charge in [0.25, 0.3) is 0 Å². The topological polar surface area (TPSA) is 64.1 Å². The third-order valence-corrected chi connectivity index (χ3v) is 4.80. The zero-order valence-electron chi connectivity index (χ0n) is 14.4. The number of carbonyl (C=O) groups is 1. The average Bonchev–Trinajstić information content (AvgIpc) is 3.10. The van der Waals surface area contributed by atoms with Crippen LogP contribution in [-0.4, -0.2) is 23.0 Å². The van der Waals surface area contributed by atoms with E-state index in [-0.39, 0.29) is 24.1 Å². The van der Waals surface area contributed by atoms with Crippen LogP contribution in [0, 0.1) is 5.82 Å². The van der Waals surface area contributed by atoms with Gasteiger partial charge in [0, 0.05) is 23.3 Å². The van der Waals surface area contributed by atoms with Crippen LogP contribution < -0.4 is 10.1 Å². The average molecular weight is 371 g/mol. The molecule has 1 aromatic carbocycles. The number of rotatable bonds is 6. The molecule has 0 spiro atoms. The Morgan fingerprint density at radius 1 is 1.38 bits per heavy atom. The van der Waals surface area contributed by atoms with Crippen LogP contribution in [0.1, 0.15) is 24.2 Å². The van der Waals surface area contributed by atoms with Crippen molar-refractivity contribution in [2.75, 3.05) is 7.11 Å². The van der Waals surface area contributed by atoms with Crippen LogP contribution in [0.15, 0.2) is 48.1 Å². The lowest BCUT2D eigenvalue weighted by molar-refractivity contribution is -0.121. The maximum atomic E-state index is 13.8. The molecule has 0 saturated heterocycles. The Morgan fingerprint density at radius 2 is 2.23 bits per heavy atom. The molecule has 7 heteroatoms. The van der Waals surface area contributed by atoms with Crippen molar-refractivity contribution < 1.29 is 13.9 Å². The number of carbonyl (C=O) groups excluding carboxylic acids is 1. The number of hydrogen-bond acceptors (Lipinski definition) is 5. The smallest absolute Gasteiger partial charge is 0.226 e. The van der Waals surface area contributed by atoms with Crippen LogP contribution in [0.3, 0.4) is 0 Å². The van der Waals surface area contributed by atoms with Gasteiger partial charge >= 0.3 is 0 Å². The molecular weight excluding hydrogens is 353 g/mol. The summed E-state index contributed by atoms with van der Waals surface area (Å²) in [5.74, 6) is -0.443. The second-order valence-electron chi connectivity index (χ2n) is 5.75. The van der Waals surface area contributed by atoms with Gasteiger partial charge in [0.1, 0.15) is 5.01 Å². The maximum Gasteiger partial charge on any atom is 0.226 e. The van der Waals surface area contributed by atoms with Gasteiger partial charge in [0.05, 0.1) is 25.3 Å².